The number of aromatic nitrogens is 1. The van der Waals surface area contributed by atoms with Crippen LogP contribution in [0.1, 0.15) is 38.8 Å². The molecule has 1 atom stereocenters. The van der Waals surface area contributed by atoms with Crippen LogP contribution in [0.5, 0.6) is 0 Å². The van der Waals surface area contributed by atoms with Crippen LogP contribution in [0, 0.1) is 0 Å². The van der Waals surface area contributed by atoms with Gasteiger partial charge in [-0.2, -0.15) is 0 Å². The molecule has 0 aliphatic carbocycles. The van der Waals surface area contributed by atoms with E-state index in [1.165, 1.54) is 11.3 Å². The van der Waals surface area contributed by atoms with Gasteiger partial charge in [-0.3, -0.25) is 4.79 Å². The highest BCUT2D eigenvalue weighted by Crippen LogP contribution is 2.21. The Bertz CT molecular complexity index is 333. The number of carbonyl (C=O) groups excluding carboxylic acids is 1. The highest BCUT2D eigenvalue weighted by Gasteiger charge is 2.09. The molecule has 3 N–H and O–H groups in total. The molecule has 0 spiro atoms. The van der Waals surface area contributed by atoms with E-state index in [4.69, 9.17) is 5.73 Å². The molecule has 0 fully saturated rings. The topological polar surface area (TPSA) is 68.0 Å². The molecular weight excluding hydrogens is 210 g/mol. The lowest BCUT2D eigenvalue weighted by Gasteiger charge is -2.04. The van der Waals surface area contributed by atoms with Crippen molar-refractivity contribution in [3.05, 3.63) is 11.1 Å². The summed E-state index contributed by atoms with van der Waals surface area (Å²) < 4.78 is 0. The first-order valence-corrected chi connectivity index (χ1v) is 5.88. The van der Waals surface area contributed by atoms with Crippen LogP contribution >= 0.6 is 11.3 Å². The molecule has 84 valence electrons. The second-order valence-corrected chi connectivity index (χ2v) is 4.82. The van der Waals surface area contributed by atoms with Crippen LogP contribution in [0.3, 0.4) is 0 Å². The molecule has 0 aliphatic heterocycles. The number of thiazole rings is 1. The summed E-state index contributed by atoms with van der Waals surface area (Å²) in [5.74, 6) is 0.315. The molecule has 0 radical (unpaired) electrons. The Balaban J connectivity index is 2.53. The monoisotopic (exact) mass is 227 g/mol. The Morgan fingerprint density at radius 2 is 2.27 bits per heavy atom. The standard InChI is InChI=1S/C10H17N3OS/c1-6(2)8-5-15-10(12-8)13-9(14)4-7(3)11/h5-7H,4,11H2,1-3H3,(H,12,13,14). The molecule has 0 saturated carbocycles. The summed E-state index contributed by atoms with van der Waals surface area (Å²) in [6.45, 7) is 5.95. The third kappa shape index (κ3) is 3.97. The van der Waals surface area contributed by atoms with Crippen molar-refractivity contribution in [2.45, 2.75) is 39.2 Å². The number of hydrogen-bond acceptors (Lipinski definition) is 4. The maximum Gasteiger partial charge on any atom is 0.227 e. The van der Waals surface area contributed by atoms with E-state index in [0.717, 1.165) is 5.69 Å². The van der Waals surface area contributed by atoms with Crippen molar-refractivity contribution in [2.24, 2.45) is 5.73 Å². The smallest absolute Gasteiger partial charge is 0.227 e. The van der Waals surface area contributed by atoms with Gasteiger partial charge in [-0.15, -0.1) is 11.3 Å². The van der Waals surface area contributed by atoms with Gasteiger partial charge in [0.1, 0.15) is 0 Å². The average Bonchev–Trinajstić information content (AvgIpc) is 2.50. The first-order valence-electron chi connectivity index (χ1n) is 5.00. The quantitative estimate of drug-likeness (QED) is 0.826. The van der Waals surface area contributed by atoms with E-state index in [2.05, 4.69) is 24.1 Å². The average molecular weight is 227 g/mol. The maximum absolute atomic E-state index is 11.4. The summed E-state index contributed by atoms with van der Waals surface area (Å²) in [7, 11) is 0. The Hall–Kier alpha value is -0.940. The number of nitrogens with one attached hydrogen (secondary N) is 1. The number of amides is 1. The summed E-state index contributed by atoms with van der Waals surface area (Å²) >= 11 is 1.45. The lowest BCUT2D eigenvalue weighted by molar-refractivity contribution is -0.116. The first-order chi connectivity index (χ1) is 6.99. The maximum atomic E-state index is 11.4. The molecule has 0 aromatic carbocycles. The van der Waals surface area contributed by atoms with Crippen molar-refractivity contribution in [3.63, 3.8) is 0 Å². The minimum atomic E-state index is -0.116. The van der Waals surface area contributed by atoms with Gasteiger partial charge in [0, 0.05) is 17.8 Å². The summed E-state index contributed by atoms with van der Waals surface area (Å²) in [5, 5.41) is 5.36. The largest absolute Gasteiger partial charge is 0.327 e. The predicted octanol–water partition coefficient (Wildman–Crippen LogP) is 1.94. The van der Waals surface area contributed by atoms with Gasteiger partial charge in [0.2, 0.25) is 5.91 Å². The van der Waals surface area contributed by atoms with Gasteiger partial charge < -0.3 is 11.1 Å². The molecule has 1 heterocycles. The Labute approximate surface area is 93.9 Å². The fourth-order valence-electron chi connectivity index (χ4n) is 1.07. The molecule has 1 rings (SSSR count). The Morgan fingerprint density at radius 3 is 2.73 bits per heavy atom. The Morgan fingerprint density at radius 1 is 1.60 bits per heavy atom. The highest BCUT2D eigenvalue weighted by molar-refractivity contribution is 7.13. The van der Waals surface area contributed by atoms with E-state index in [1.54, 1.807) is 6.92 Å². The fraction of sp³-hybridized carbons (Fsp3) is 0.600. The molecule has 5 heteroatoms. The minimum absolute atomic E-state index is 0.0744. The molecule has 1 unspecified atom stereocenters. The van der Waals surface area contributed by atoms with Gasteiger partial charge in [-0.05, 0) is 12.8 Å². The van der Waals surface area contributed by atoms with Crippen molar-refractivity contribution in [1.82, 2.24) is 4.98 Å². The molecule has 0 bridgehead atoms. The second-order valence-electron chi connectivity index (χ2n) is 3.96. The van der Waals surface area contributed by atoms with Crippen LogP contribution in [-0.4, -0.2) is 16.9 Å². The van der Waals surface area contributed by atoms with Gasteiger partial charge in [0.05, 0.1) is 5.69 Å². The zero-order valence-electron chi connectivity index (χ0n) is 9.28. The van der Waals surface area contributed by atoms with Gasteiger partial charge in [0.25, 0.3) is 0 Å². The lowest BCUT2D eigenvalue weighted by atomic mass is 10.2. The number of nitrogens with two attached hydrogens (primary N) is 1. The number of nitrogens with zero attached hydrogens (tertiary/aromatic N) is 1. The summed E-state index contributed by atoms with van der Waals surface area (Å²) in [5.41, 5.74) is 6.53. The van der Waals surface area contributed by atoms with E-state index in [1.807, 2.05) is 5.38 Å². The first kappa shape index (κ1) is 12.1. The van der Waals surface area contributed by atoms with Crippen molar-refractivity contribution < 1.29 is 4.79 Å². The lowest BCUT2D eigenvalue weighted by Crippen LogP contribution is -2.23. The third-order valence-corrected chi connectivity index (χ3v) is 2.64. The summed E-state index contributed by atoms with van der Waals surface area (Å²) in [6.07, 6.45) is 0.330. The second kappa shape index (κ2) is 5.23. The van der Waals surface area contributed by atoms with Gasteiger partial charge in [-0.1, -0.05) is 13.8 Å². The molecule has 4 nitrogen and oxygen atoms in total. The summed E-state index contributed by atoms with van der Waals surface area (Å²) in [6, 6.07) is -0.116. The Kier molecular flexibility index (Phi) is 4.23. The van der Waals surface area contributed by atoms with Crippen molar-refractivity contribution in [1.29, 1.82) is 0 Å². The van der Waals surface area contributed by atoms with E-state index >= 15 is 0 Å². The molecule has 1 aromatic rings. The van der Waals surface area contributed by atoms with E-state index in [-0.39, 0.29) is 11.9 Å². The van der Waals surface area contributed by atoms with E-state index in [0.29, 0.717) is 17.5 Å². The SMILES string of the molecule is CC(N)CC(=O)Nc1nc(C(C)C)cs1. The fourth-order valence-corrected chi connectivity index (χ4v) is 1.96. The molecule has 15 heavy (non-hydrogen) atoms. The van der Waals surface area contributed by atoms with Gasteiger partial charge in [-0.25, -0.2) is 4.98 Å². The van der Waals surface area contributed by atoms with Crippen LogP contribution < -0.4 is 11.1 Å². The molecule has 0 saturated heterocycles. The third-order valence-electron chi connectivity index (χ3n) is 1.87. The highest BCUT2D eigenvalue weighted by atomic mass is 32.1. The molecular formula is C10H17N3OS. The van der Waals surface area contributed by atoms with E-state index < -0.39 is 0 Å². The van der Waals surface area contributed by atoms with Crippen LogP contribution in [0.4, 0.5) is 5.13 Å². The predicted molar refractivity (Wildman–Crippen MR) is 63.1 cm³/mol. The zero-order chi connectivity index (χ0) is 11.4. The van der Waals surface area contributed by atoms with Gasteiger partial charge in [0.15, 0.2) is 5.13 Å². The normalized spacial score (nSPS) is 12.9. The van der Waals surface area contributed by atoms with Gasteiger partial charge >= 0.3 is 0 Å². The minimum Gasteiger partial charge on any atom is -0.327 e. The number of carbonyl (C=O) groups is 1. The van der Waals surface area contributed by atoms with Crippen molar-refractivity contribution in [3.8, 4) is 0 Å². The van der Waals surface area contributed by atoms with Crippen LogP contribution in [0.2, 0.25) is 0 Å². The summed E-state index contributed by atoms with van der Waals surface area (Å²) in [4.78, 5) is 15.7. The molecule has 1 amide bonds. The van der Waals surface area contributed by atoms with Crippen LogP contribution in [-0.2, 0) is 4.79 Å². The molecule has 1 aromatic heterocycles. The number of rotatable bonds is 4. The van der Waals surface area contributed by atoms with Crippen molar-refractivity contribution in [2.75, 3.05) is 5.32 Å². The van der Waals surface area contributed by atoms with Crippen LogP contribution in [0.25, 0.3) is 0 Å². The zero-order valence-corrected chi connectivity index (χ0v) is 10.1. The van der Waals surface area contributed by atoms with Crippen LogP contribution in [0.15, 0.2) is 5.38 Å². The molecule has 0 aliphatic rings. The number of anilines is 1. The van der Waals surface area contributed by atoms with E-state index in [9.17, 15) is 4.79 Å². The van der Waals surface area contributed by atoms with Crippen molar-refractivity contribution >= 4 is 22.4 Å². The number of hydrogen-bond donors (Lipinski definition) is 2.